The Kier molecular flexibility index (Phi) is 15.9. The normalized spacial score (nSPS) is 3.00. The van der Waals surface area contributed by atoms with Crippen LogP contribution in [-0.2, 0) is 37.5 Å². The van der Waals surface area contributed by atoms with Crippen molar-refractivity contribution < 1.29 is 37.5 Å². The number of hydrogen-bond acceptors (Lipinski definition) is 1. The third-order valence-corrected chi connectivity index (χ3v) is 0.0589. The van der Waals surface area contributed by atoms with Crippen LogP contribution in [0.5, 0.6) is 0 Å². The predicted molar refractivity (Wildman–Crippen MR) is 14.5 cm³/mol. The second-order valence-electron chi connectivity index (χ2n) is 0.246. The molecule has 0 atom stereocenters. The molecule has 0 amide bonds. The molecule has 0 fully saturated rings. The Bertz CT molecular complexity index is 52.4. The Morgan fingerprint density at radius 2 is 2.00 bits per heavy atom. The van der Waals surface area contributed by atoms with Crippen LogP contribution >= 0.6 is 0 Å². The molecular weight excluding hydrogens is 141 g/mol. The largest absolute Gasteiger partial charge is 3.00 e. The van der Waals surface area contributed by atoms with Gasteiger partial charge in [-0.2, -0.15) is 0 Å². The quantitative estimate of drug-likeness (QED) is 0.336. The molecule has 0 aliphatic rings. The van der Waals surface area contributed by atoms with Gasteiger partial charge >= 0.3 is 32.7 Å². The molecule has 0 heterocycles. The van der Waals surface area contributed by atoms with E-state index < -0.39 is 0 Å². The Labute approximate surface area is 56.0 Å². The van der Waals surface area contributed by atoms with E-state index in [0.29, 0.717) is 0 Å². The fraction of sp³-hybridized carbons (Fsp3) is 0. The van der Waals surface area contributed by atoms with E-state index in [1.165, 1.54) is 6.29 Å². The summed E-state index contributed by atoms with van der Waals surface area (Å²) in [5, 5.41) is 0. The van der Waals surface area contributed by atoms with Crippen molar-refractivity contribution in [1.29, 1.82) is 0 Å². The predicted octanol–water partition coefficient (Wildman–Crippen LogP) is -0.273. The van der Waals surface area contributed by atoms with Crippen LogP contribution in [-0.4, -0.2) is 6.29 Å². The smallest absolute Gasteiger partial charge is 0.409 e. The average Bonchev–Trinajstić information content (AvgIpc) is 1.37. The van der Waals surface area contributed by atoms with Gasteiger partial charge in [-0.05, 0) is 0 Å². The molecule has 20 valence electrons. The maximum Gasteiger partial charge on any atom is 3.00 e. The van der Waals surface area contributed by atoms with Gasteiger partial charge in [-0.25, -0.2) is 0 Å². The third-order valence-electron chi connectivity index (χ3n) is 0.0589. The Hall–Kier alpha value is 0.334. The molecule has 5 heavy (non-hydrogen) atoms. The van der Waals surface area contributed by atoms with Gasteiger partial charge in [-0.1, -0.05) is 0 Å². The number of carbonyl (C=O) groups excluding carboxylic acids is 1. The van der Waals surface area contributed by atoms with E-state index in [0.717, 1.165) is 0 Å². The molecule has 1 nitrogen and oxygen atoms in total. The molecular formula is C3HOY+2. The van der Waals surface area contributed by atoms with Gasteiger partial charge in [-0.15, -0.1) is 0 Å². The molecule has 0 rings (SSSR count). The standard InChI is InChI=1S/C3HO.Y/c1-2-3-4;/h1H;/q-1;+3. The summed E-state index contributed by atoms with van der Waals surface area (Å²) in [6, 6.07) is 0. The van der Waals surface area contributed by atoms with E-state index in [1.54, 1.807) is 5.92 Å². The van der Waals surface area contributed by atoms with Crippen molar-refractivity contribution in [2.45, 2.75) is 0 Å². The summed E-state index contributed by atoms with van der Waals surface area (Å²) in [5.74, 6) is 1.62. The minimum absolute atomic E-state index is 0. The average molecular weight is 142 g/mol. The van der Waals surface area contributed by atoms with E-state index >= 15 is 0 Å². The van der Waals surface area contributed by atoms with Crippen molar-refractivity contribution >= 4 is 6.29 Å². The Balaban J connectivity index is 0. The molecule has 0 radical (unpaired) electrons. The number of hydrogen-bond donors (Lipinski definition) is 0. The van der Waals surface area contributed by atoms with Gasteiger partial charge in [0.25, 0.3) is 0 Å². The van der Waals surface area contributed by atoms with Gasteiger partial charge in [-0.3, -0.25) is 5.92 Å². The van der Waals surface area contributed by atoms with E-state index in [1.807, 2.05) is 0 Å². The fourth-order valence-corrected chi connectivity index (χ4v) is 0. The molecule has 0 unspecified atom stereocenters. The zero-order chi connectivity index (χ0) is 3.41. The number of rotatable bonds is 0. The van der Waals surface area contributed by atoms with E-state index in [-0.39, 0.29) is 32.7 Å². The molecule has 0 saturated carbocycles. The van der Waals surface area contributed by atoms with Crippen LogP contribution in [0, 0.1) is 12.3 Å². The SMILES string of the molecule is C#C[C-]=O.[Y+3]. The Morgan fingerprint density at radius 3 is 2.00 bits per heavy atom. The molecule has 0 aromatic carbocycles. The van der Waals surface area contributed by atoms with E-state index in [9.17, 15) is 0 Å². The van der Waals surface area contributed by atoms with Gasteiger partial charge in [0, 0.05) is 6.29 Å². The third kappa shape index (κ3) is 13.3. The summed E-state index contributed by atoms with van der Waals surface area (Å²) < 4.78 is 0. The first-order chi connectivity index (χ1) is 1.91. The second-order valence-corrected chi connectivity index (χ2v) is 0.246. The Morgan fingerprint density at radius 1 is 1.80 bits per heavy atom. The molecule has 0 saturated heterocycles. The van der Waals surface area contributed by atoms with Crippen molar-refractivity contribution in [2.24, 2.45) is 0 Å². The van der Waals surface area contributed by atoms with Crippen molar-refractivity contribution in [3.8, 4) is 12.3 Å². The minimum Gasteiger partial charge on any atom is -0.409 e. The van der Waals surface area contributed by atoms with Crippen LogP contribution in [0.2, 0.25) is 0 Å². The molecule has 0 bridgehead atoms. The summed E-state index contributed by atoms with van der Waals surface area (Å²) in [6.45, 7) is 0. The van der Waals surface area contributed by atoms with Crippen LogP contribution in [0.25, 0.3) is 0 Å². The first-order valence-corrected chi connectivity index (χ1v) is 0.743. The van der Waals surface area contributed by atoms with Crippen molar-refractivity contribution in [3.63, 3.8) is 0 Å². The zero-order valence-electron chi connectivity index (χ0n) is 2.56. The van der Waals surface area contributed by atoms with Gasteiger partial charge in [0.2, 0.25) is 0 Å². The van der Waals surface area contributed by atoms with Crippen LogP contribution in [0.4, 0.5) is 0 Å². The van der Waals surface area contributed by atoms with Gasteiger partial charge < -0.3 is 11.2 Å². The molecule has 0 aliphatic heterocycles. The minimum atomic E-state index is 0. The second kappa shape index (κ2) is 8.84. The van der Waals surface area contributed by atoms with Crippen LogP contribution in [0.3, 0.4) is 0 Å². The number of terminal acetylenes is 1. The molecule has 0 N–H and O–H groups in total. The van der Waals surface area contributed by atoms with Crippen molar-refractivity contribution in [3.05, 3.63) is 0 Å². The van der Waals surface area contributed by atoms with E-state index in [2.05, 4.69) is 6.42 Å². The fourth-order valence-electron chi connectivity index (χ4n) is 0. The summed E-state index contributed by atoms with van der Waals surface area (Å²) in [4.78, 5) is 8.81. The van der Waals surface area contributed by atoms with Gasteiger partial charge in [0.1, 0.15) is 0 Å². The molecule has 0 aromatic rings. The summed E-state index contributed by atoms with van der Waals surface area (Å²) >= 11 is 0. The van der Waals surface area contributed by atoms with Gasteiger partial charge in [0.05, 0.1) is 0 Å². The first-order valence-electron chi connectivity index (χ1n) is 0.743. The molecule has 0 aliphatic carbocycles. The zero-order valence-corrected chi connectivity index (χ0v) is 5.40. The van der Waals surface area contributed by atoms with Crippen LogP contribution in [0.1, 0.15) is 0 Å². The van der Waals surface area contributed by atoms with Crippen LogP contribution in [0.15, 0.2) is 0 Å². The van der Waals surface area contributed by atoms with Crippen molar-refractivity contribution in [1.82, 2.24) is 0 Å². The molecule has 0 spiro atoms. The summed E-state index contributed by atoms with van der Waals surface area (Å²) in [6.07, 6.45) is 5.56. The summed E-state index contributed by atoms with van der Waals surface area (Å²) in [5.41, 5.74) is 0. The monoisotopic (exact) mass is 142 g/mol. The summed E-state index contributed by atoms with van der Waals surface area (Å²) in [7, 11) is 0. The van der Waals surface area contributed by atoms with Gasteiger partial charge in [0.15, 0.2) is 0 Å². The van der Waals surface area contributed by atoms with Crippen molar-refractivity contribution in [2.75, 3.05) is 0 Å². The maximum atomic E-state index is 8.81. The van der Waals surface area contributed by atoms with E-state index in [4.69, 9.17) is 4.79 Å². The first kappa shape index (κ1) is 9.01. The molecule has 0 aromatic heterocycles. The topological polar surface area (TPSA) is 17.1 Å². The molecule has 2 heteroatoms. The van der Waals surface area contributed by atoms with Crippen LogP contribution < -0.4 is 0 Å². The maximum absolute atomic E-state index is 8.81.